The van der Waals surface area contributed by atoms with Crippen molar-refractivity contribution < 1.29 is 19.1 Å². The van der Waals surface area contributed by atoms with E-state index in [9.17, 15) is 14.0 Å². The van der Waals surface area contributed by atoms with Crippen LogP contribution in [0.4, 0.5) is 4.39 Å². The van der Waals surface area contributed by atoms with Gasteiger partial charge in [-0.15, -0.1) is 0 Å². The number of aliphatic carboxylic acids is 1. The number of carboxylic acids is 1. The average molecular weight is 279 g/mol. The largest absolute Gasteiger partial charge is 0.481 e. The van der Waals surface area contributed by atoms with E-state index in [2.05, 4.69) is 0 Å². The Morgan fingerprint density at radius 2 is 1.90 bits per heavy atom. The van der Waals surface area contributed by atoms with Crippen molar-refractivity contribution in [1.29, 1.82) is 0 Å². The summed E-state index contributed by atoms with van der Waals surface area (Å²) in [5.41, 5.74) is 1.28. The van der Waals surface area contributed by atoms with Crippen LogP contribution in [0.5, 0.6) is 0 Å². The van der Waals surface area contributed by atoms with Gasteiger partial charge in [-0.3, -0.25) is 9.59 Å². The Balaban J connectivity index is 2.21. The molecule has 1 fully saturated rings. The van der Waals surface area contributed by atoms with Crippen molar-refractivity contribution in [1.82, 2.24) is 4.90 Å². The van der Waals surface area contributed by atoms with E-state index >= 15 is 0 Å². The fourth-order valence-corrected chi connectivity index (χ4v) is 2.62. The van der Waals surface area contributed by atoms with E-state index in [1.807, 2.05) is 0 Å². The highest BCUT2D eigenvalue weighted by Crippen LogP contribution is 2.21. The molecule has 0 aliphatic carbocycles. The number of benzene rings is 1. The lowest BCUT2D eigenvalue weighted by Gasteiger charge is -2.31. The second kappa shape index (κ2) is 5.61. The van der Waals surface area contributed by atoms with Crippen molar-refractivity contribution in [2.24, 2.45) is 5.92 Å². The zero-order valence-corrected chi connectivity index (χ0v) is 11.6. The molecule has 0 radical (unpaired) electrons. The molecule has 2 rings (SSSR count). The first-order valence-corrected chi connectivity index (χ1v) is 6.69. The van der Waals surface area contributed by atoms with Gasteiger partial charge in [0.25, 0.3) is 5.91 Å². The second-order valence-electron chi connectivity index (χ2n) is 5.35. The summed E-state index contributed by atoms with van der Waals surface area (Å²) >= 11 is 0. The van der Waals surface area contributed by atoms with E-state index in [1.54, 1.807) is 18.7 Å². The molecule has 1 atom stereocenters. The number of amides is 1. The van der Waals surface area contributed by atoms with Gasteiger partial charge in [-0.1, -0.05) is 0 Å². The van der Waals surface area contributed by atoms with Gasteiger partial charge in [-0.05, 0) is 49.9 Å². The highest BCUT2D eigenvalue weighted by atomic mass is 19.1. The number of carbonyl (C=O) groups excluding carboxylic acids is 1. The molecule has 1 aromatic carbocycles. The van der Waals surface area contributed by atoms with Crippen LogP contribution < -0.4 is 0 Å². The Morgan fingerprint density at radius 3 is 2.45 bits per heavy atom. The fraction of sp³-hybridized carbons (Fsp3) is 0.467. The normalized spacial score (nSPS) is 18.9. The molecule has 1 N–H and O–H groups in total. The minimum Gasteiger partial charge on any atom is -0.481 e. The van der Waals surface area contributed by atoms with E-state index in [0.29, 0.717) is 36.1 Å². The average Bonchev–Trinajstić information content (AvgIpc) is 2.43. The minimum absolute atomic E-state index is 0.220. The van der Waals surface area contributed by atoms with Crippen LogP contribution in [0, 0.1) is 25.6 Å². The van der Waals surface area contributed by atoms with Gasteiger partial charge in [0.1, 0.15) is 5.82 Å². The maximum absolute atomic E-state index is 13.6. The smallest absolute Gasteiger partial charge is 0.308 e. The highest BCUT2D eigenvalue weighted by Gasteiger charge is 2.28. The van der Waals surface area contributed by atoms with Crippen LogP contribution in [-0.2, 0) is 4.79 Å². The molecule has 1 aliphatic rings. The van der Waals surface area contributed by atoms with Crippen molar-refractivity contribution in [3.63, 3.8) is 0 Å². The Bertz CT molecular complexity index is 533. The quantitative estimate of drug-likeness (QED) is 0.904. The Morgan fingerprint density at radius 1 is 1.30 bits per heavy atom. The van der Waals surface area contributed by atoms with Crippen molar-refractivity contribution in [2.45, 2.75) is 26.7 Å². The molecule has 1 aliphatic heterocycles. The first-order valence-electron chi connectivity index (χ1n) is 6.69. The first kappa shape index (κ1) is 14.5. The molecule has 20 heavy (non-hydrogen) atoms. The van der Waals surface area contributed by atoms with Crippen molar-refractivity contribution in [3.05, 3.63) is 34.6 Å². The number of rotatable bonds is 2. The standard InChI is InChI=1S/C15H18FNO3/c1-9-6-12(7-10(2)13(9)16)14(18)17-5-3-4-11(8-17)15(19)20/h6-7,11H,3-5,8H2,1-2H3,(H,19,20)/t11-/m0/s1. The molecule has 1 heterocycles. The Labute approximate surface area is 117 Å². The molecule has 0 bridgehead atoms. The van der Waals surface area contributed by atoms with Crippen LogP contribution in [0.2, 0.25) is 0 Å². The van der Waals surface area contributed by atoms with Crippen LogP contribution in [0.1, 0.15) is 34.3 Å². The number of aryl methyl sites for hydroxylation is 2. The van der Waals surface area contributed by atoms with Crippen molar-refractivity contribution in [2.75, 3.05) is 13.1 Å². The number of hydrogen-bond acceptors (Lipinski definition) is 2. The highest BCUT2D eigenvalue weighted by molar-refractivity contribution is 5.95. The van der Waals surface area contributed by atoms with E-state index in [-0.39, 0.29) is 18.3 Å². The maximum Gasteiger partial charge on any atom is 0.308 e. The molecule has 4 nitrogen and oxygen atoms in total. The zero-order chi connectivity index (χ0) is 14.9. The summed E-state index contributed by atoms with van der Waals surface area (Å²) in [4.78, 5) is 25.0. The van der Waals surface area contributed by atoms with Gasteiger partial charge in [-0.25, -0.2) is 4.39 Å². The van der Waals surface area contributed by atoms with Gasteiger partial charge in [-0.2, -0.15) is 0 Å². The van der Waals surface area contributed by atoms with E-state index < -0.39 is 11.9 Å². The number of likely N-dealkylation sites (tertiary alicyclic amines) is 1. The molecule has 0 saturated carbocycles. The summed E-state index contributed by atoms with van der Waals surface area (Å²) in [5, 5.41) is 9.05. The summed E-state index contributed by atoms with van der Waals surface area (Å²) in [5.74, 6) is -1.89. The molecular weight excluding hydrogens is 261 g/mol. The summed E-state index contributed by atoms with van der Waals surface area (Å²) in [6.45, 7) is 4.02. The van der Waals surface area contributed by atoms with E-state index in [4.69, 9.17) is 5.11 Å². The molecule has 0 unspecified atom stereocenters. The number of piperidine rings is 1. The molecule has 0 spiro atoms. The molecule has 0 aromatic heterocycles. The lowest BCUT2D eigenvalue weighted by atomic mass is 9.97. The van der Waals surface area contributed by atoms with Gasteiger partial charge in [0.05, 0.1) is 5.92 Å². The predicted molar refractivity (Wildman–Crippen MR) is 72.1 cm³/mol. The van der Waals surface area contributed by atoms with Gasteiger partial charge in [0, 0.05) is 18.7 Å². The summed E-state index contributed by atoms with van der Waals surface area (Å²) < 4.78 is 13.6. The number of carbonyl (C=O) groups is 2. The Kier molecular flexibility index (Phi) is 4.06. The molecule has 108 valence electrons. The number of carboxylic acid groups (broad SMARTS) is 1. The molecule has 5 heteroatoms. The third-order valence-corrected chi connectivity index (χ3v) is 3.74. The van der Waals surface area contributed by atoms with Gasteiger partial charge in [0.15, 0.2) is 0 Å². The van der Waals surface area contributed by atoms with E-state index in [0.717, 1.165) is 0 Å². The summed E-state index contributed by atoms with van der Waals surface area (Å²) in [6, 6.07) is 3.05. The molecule has 1 saturated heterocycles. The first-order chi connectivity index (χ1) is 9.40. The second-order valence-corrected chi connectivity index (χ2v) is 5.35. The SMILES string of the molecule is Cc1cc(C(=O)N2CCC[C@H](C(=O)O)C2)cc(C)c1F. The van der Waals surface area contributed by atoms with Gasteiger partial charge >= 0.3 is 5.97 Å². The lowest BCUT2D eigenvalue weighted by Crippen LogP contribution is -2.42. The van der Waals surface area contributed by atoms with Crippen molar-refractivity contribution in [3.8, 4) is 0 Å². The zero-order valence-electron chi connectivity index (χ0n) is 11.6. The third kappa shape index (κ3) is 2.81. The predicted octanol–water partition coefficient (Wildman–Crippen LogP) is 2.38. The number of halogens is 1. The molecule has 1 aromatic rings. The third-order valence-electron chi connectivity index (χ3n) is 3.74. The summed E-state index contributed by atoms with van der Waals surface area (Å²) in [6.07, 6.45) is 1.28. The van der Waals surface area contributed by atoms with Crippen LogP contribution in [0.15, 0.2) is 12.1 Å². The lowest BCUT2D eigenvalue weighted by molar-refractivity contribution is -0.143. The Hall–Kier alpha value is -1.91. The number of nitrogens with zero attached hydrogens (tertiary/aromatic N) is 1. The van der Waals surface area contributed by atoms with Crippen molar-refractivity contribution >= 4 is 11.9 Å². The minimum atomic E-state index is -0.867. The van der Waals surface area contributed by atoms with Crippen LogP contribution in [0.25, 0.3) is 0 Å². The van der Waals surface area contributed by atoms with Gasteiger partial charge < -0.3 is 10.0 Å². The maximum atomic E-state index is 13.6. The van der Waals surface area contributed by atoms with Crippen LogP contribution in [-0.4, -0.2) is 35.0 Å². The van der Waals surface area contributed by atoms with E-state index in [1.165, 1.54) is 12.1 Å². The monoisotopic (exact) mass is 279 g/mol. The molecular formula is C15H18FNO3. The molecule has 1 amide bonds. The fourth-order valence-electron chi connectivity index (χ4n) is 2.62. The van der Waals surface area contributed by atoms with Crippen LogP contribution in [0.3, 0.4) is 0 Å². The van der Waals surface area contributed by atoms with Gasteiger partial charge in [0.2, 0.25) is 0 Å². The topological polar surface area (TPSA) is 57.6 Å². The summed E-state index contributed by atoms with van der Waals surface area (Å²) in [7, 11) is 0. The van der Waals surface area contributed by atoms with Crippen LogP contribution >= 0.6 is 0 Å². The number of hydrogen-bond donors (Lipinski definition) is 1.